The number of hydrogen-bond acceptors (Lipinski definition) is 3. The van der Waals surface area contributed by atoms with Crippen molar-refractivity contribution in [1.82, 2.24) is 0 Å². The quantitative estimate of drug-likeness (QED) is 0.817. The summed E-state index contributed by atoms with van der Waals surface area (Å²) in [5.41, 5.74) is 1.66. The van der Waals surface area contributed by atoms with E-state index in [1.165, 1.54) is 0 Å². The third-order valence-corrected chi connectivity index (χ3v) is 2.57. The van der Waals surface area contributed by atoms with Gasteiger partial charge in [-0.25, -0.2) is 0 Å². The van der Waals surface area contributed by atoms with Crippen molar-refractivity contribution >= 4 is 11.4 Å². The predicted octanol–water partition coefficient (Wildman–Crippen LogP) is 3.24. The number of rotatable bonds is 3. The molecule has 2 aromatic rings. The van der Waals surface area contributed by atoms with Crippen LogP contribution in [0.25, 0.3) is 0 Å². The molecule has 0 aliphatic heterocycles. The summed E-state index contributed by atoms with van der Waals surface area (Å²) >= 11 is 0. The van der Waals surface area contributed by atoms with E-state index >= 15 is 0 Å². The van der Waals surface area contributed by atoms with Crippen LogP contribution in [0, 0.1) is 22.7 Å². The van der Waals surface area contributed by atoms with Crippen molar-refractivity contribution in [3.8, 4) is 12.1 Å². The predicted molar refractivity (Wildman–Crippen MR) is 70.0 cm³/mol. The molecule has 0 aromatic heterocycles. The standard InChI is InChI=1S/C15H11N3/c16-11-15(12-17)18(13-7-3-1-4-8-13)14-9-5-2-6-10-14/h1-10,15H. The average molecular weight is 233 g/mol. The molecule has 0 aliphatic carbocycles. The first-order valence-corrected chi connectivity index (χ1v) is 5.55. The van der Waals surface area contributed by atoms with Gasteiger partial charge in [-0.2, -0.15) is 10.5 Å². The first kappa shape index (κ1) is 11.7. The van der Waals surface area contributed by atoms with E-state index in [0.29, 0.717) is 0 Å². The van der Waals surface area contributed by atoms with Crippen molar-refractivity contribution in [3.63, 3.8) is 0 Å². The van der Waals surface area contributed by atoms with Gasteiger partial charge < -0.3 is 4.90 Å². The van der Waals surface area contributed by atoms with Crippen LogP contribution in [-0.2, 0) is 0 Å². The number of hydrogen-bond donors (Lipinski definition) is 0. The molecule has 0 unspecified atom stereocenters. The highest BCUT2D eigenvalue weighted by molar-refractivity contribution is 5.66. The van der Waals surface area contributed by atoms with E-state index in [9.17, 15) is 0 Å². The Hall–Kier alpha value is -2.78. The maximum atomic E-state index is 9.10. The van der Waals surface area contributed by atoms with Gasteiger partial charge in [0, 0.05) is 11.4 Å². The van der Waals surface area contributed by atoms with E-state index in [-0.39, 0.29) is 0 Å². The normalized spacial score (nSPS) is 9.50. The molecule has 18 heavy (non-hydrogen) atoms. The zero-order chi connectivity index (χ0) is 12.8. The first-order chi connectivity index (χ1) is 8.86. The number of benzene rings is 2. The van der Waals surface area contributed by atoms with Crippen LogP contribution in [0.1, 0.15) is 0 Å². The topological polar surface area (TPSA) is 50.8 Å². The van der Waals surface area contributed by atoms with Gasteiger partial charge in [0.15, 0.2) is 0 Å². The monoisotopic (exact) mass is 233 g/mol. The Bertz CT molecular complexity index is 525. The molecule has 0 N–H and O–H groups in total. The zero-order valence-electron chi connectivity index (χ0n) is 9.69. The van der Waals surface area contributed by atoms with Gasteiger partial charge in [-0.05, 0) is 24.3 Å². The molecule has 0 bridgehead atoms. The summed E-state index contributed by atoms with van der Waals surface area (Å²) in [5, 5.41) is 18.2. The molecule has 0 aliphatic rings. The molecule has 0 amide bonds. The third-order valence-electron chi connectivity index (χ3n) is 2.57. The smallest absolute Gasteiger partial charge is 0.208 e. The minimum Gasteiger partial charge on any atom is -0.313 e. The summed E-state index contributed by atoms with van der Waals surface area (Å²) in [6, 6.07) is 22.1. The Morgan fingerprint density at radius 3 is 1.44 bits per heavy atom. The molecule has 86 valence electrons. The van der Waals surface area contributed by atoms with Crippen LogP contribution >= 0.6 is 0 Å². The van der Waals surface area contributed by atoms with Crippen molar-refractivity contribution in [3.05, 3.63) is 60.7 Å². The van der Waals surface area contributed by atoms with E-state index in [0.717, 1.165) is 11.4 Å². The second-order valence-electron chi connectivity index (χ2n) is 3.70. The molecule has 0 atom stereocenters. The van der Waals surface area contributed by atoms with Crippen molar-refractivity contribution in [2.75, 3.05) is 4.90 Å². The van der Waals surface area contributed by atoms with E-state index in [4.69, 9.17) is 10.5 Å². The number of para-hydroxylation sites is 2. The van der Waals surface area contributed by atoms with Crippen LogP contribution in [0.2, 0.25) is 0 Å². The van der Waals surface area contributed by atoms with Crippen molar-refractivity contribution < 1.29 is 0 Å². The fraction of sp³-hybridized carbons (Fsp3) is 0.0667. The second kappa shape index (κ2) is 5.52. The Kier molecular flexibility index (Phi) is 3.59. The molecule has 3 heteroatoms. The largest absolute Gasteiger partial charge is 0.313 e. The van der Waals surface area contributed by atoms with Crippen LogP contribution in [0.3, 0.4) is 0 Å². The summed E-state index contributed by atoms with van der Waals surface area (Å²) < 4.78 is 0. The van der Waals surface area contributed by atoms with E-state index < -0.39 is 6.04 Å². The minimum atomic E-state index is -0.838. The highest BCUT2D eigenvalue weighted by Gasteiger charge is 2.19. The SMILES string of the molecule is N#CC(C#N)N(c1ccccc1)c1ccccc1. The number of nitriles is 2. The third kappa shape index (κ3) is 2.31. The van der Waals surface area contributed by atoms with E-state index in [1.54, 1.807) is 4.90 Å². The number of nitrogens with zero attached hydrogens (tertiary/aromatic N) is 3. The van der Waals surface area contributed by atoms with Gasteiger partial charge >= 0.3 is 0 Å². The van der Waals surface area contributed by atoms with Gasteiger partial charge in [0.2, 0.25) is 6.04 Å². The fourth-order valence-corrected chi connectivity index (χ4v) is 1.77. The van der Waals surface area contributed by atoms with Crippen LogP contribution in [0.15, 0.2) is 60.7 Å². The molecular formula is C15H11N3. The van der Waals surface area contributed by atoms with E-state index in [2.05, 4.69) is 0 Å². The second-order valence-corrected chi connectivity index (χ2v) is 3.70. The van der Waals surface area contributed by atoms with Crippen molar-refractivity contribution in [2.24, 2.45) is 0 Å². The summed E-state index contributed by atoms with van der Waals surface area (Å²) in [7, 11) is 0. The molecular weight excluding hydrogens is 222 g/mol. The molecule has 3 nitrogen and oxygen atoms in total. The maximum absolute atomic E-state index is 9.10. The van der Waals surface area contributed by atoms with Gasteiger partial charge in [-0.1, -0.05) is 36.4 Å². The van der Waals surface area contributed by atoms with Crippen molar-refractivity contribution in [2.45, 2.75) is 6.04 Å². The van der Waals surface area contributed by atoms with Crippen LogP contribution in [-0.4, -0.2) is 6.04 Å². The molecule has 0 radical (unpaired) electrons. The zero-order valence-corrected chi connectivity index (χ0v) is 9.69. The summed E-state index contributed by atoms with van der Waals surface area (Å²) in [5.74, 6) is 0. The van der Waals surface area contributed by atoms with E-state index in [1.807, 2.05) is 72.8 Å². The molecule has 0 saturated carbocycles. The van der Waals surface area contributed by atoms with Gasteiger partial charge in [0.1, 0.15) is 12.1 Å². The van der Waals surface area contributed by atoms with Gasteiger partial charge in [-0.15, -0.1) is 0 Å². The Balaban J connectivity index is 2.50. The van der Waals surface area contributed by atoms with Crippen LogP contribution in [0.5, 0.6) is 0 Å². The lowest BCUT2D eigenvalue weighted by molar-refractivity contribution is 0.964. The number of anilines is 2. The lowest BCUT2D eigenvalue weighted by Gasteiger charge is -2.25. The molecule has 0 fully saturated rings. The van der Waals surface area contributed by atoms with Gasteiger partial charge in [-0.3, -0.25) is 0 Å². The molecule has 0 heterocycles. The first-order valence-electron chi connectivity index (χ1n) is 5.55. The molecule has 2 rings (SSSR count). The average Bonchev–Trinajstić information content (AvgIpc) is 2.46. The fourth-order valence-electron chi connectivity index (χ4n) is 1.77. The summed E-state index contributed by atoms with van der Waals surface area (Å²) in [6.07, 6.45) is 0. The van der Waals surface area contributed by atoms with Crippen LogP contribution < -0.4 is 4.90 Å². The highest BCUT2D eigenvalue weighted by Crippen LogP contribution is 2.26. The lowest BCUT2D eigenvalue weighted by atomic mass is 10.2. The molecule has 0 saturated heterocycles. The molecule has 0 spiro atoms. The minimum absolute atomic E-state index is 0.830. The van der Waals surface area contributed by atoms with Gasteiger partial charge in [0.05, 0.1) is 0 Å². The Morgan fingerprint density at radius 1 is 0.722 bits per heavy atom. The lowest BCUT2D eigenvalue weighted by Crippen LogP contribution is -2.28. The molecule has 2 aromatic carbocycles. The highest BCUT2D eigenvalue weighted by atomic mass is 15.2. The summed E-state index contributed by atoms with van der Waals surface area (Å²) in [4.78, 5) is 1.72. The van der Waals surface area contributed by atoms with Crippen molar-refractivity contribution in [1.29, 1.82) is 10.5 Å². The Morgan fingerprint density at radius 2 is 1.11 bits per heavy atom. The Labute approximate surface area is 106 Å². The van der Waals surface area contributed by atoms with Gasteiger partial charge in [0.25, 0.3) is 0 Å². The maximum Gasteiger partial charge on any atom is 0.208 e. The summed E-state index contributed by atoms with van der Waals surface area (Å²) in [6.45, 7) is 0. The van der Waals surface area contributed by atoms with Crippen LogP contribution in [0.4, 0.5) is 11.4 Å².